The molecule has 0 unspecified atom stereocenters. The summed E-state index contributed by atoms with van der Waals surface area (Å²) in [4.78, 5) is 4.49. The summed E-state index contributed by atoms with van der Waals surface area (Å²) in [7, 11) is 0. The van der Waals surface area contributed by atoms with Gasteiger partial charge < -0.3 is 9.67 Å². The number of hydrogen-bond acceptors (Lipinski definition) is 3. The molecule has 1 aliphatic rings. The van der Waals surface area contributed by atoms with Gasteiger partial charge in [0.05, 0.1) is 5.69 Å². The van der Waals surface area contributed by atoms with Gasteiger partial charge >= 0.3 is 0 Å². The number of hydrogen-bond donors (Lipinski definition) is 1. The molecule has 0 saturated carbocycles. The average Bonchev–Trinajstić information content (AvgIpc) is 2.86. The number of aliphatic hydroxyl groups excluding tert-OH is 1. The molecule has 1 atom stereocenters. The van der Waals surface area contributed by atoms with Crippen molar-refractivity contribution >= 4 is 11.3 Å². The van der Waals surface area contributed by atoms with E-state index < -0.39 is 0 Å². The third-order valence-electron chi connectivity index (χ3n) is 2.80. The smallest absolute Gasteiger partial charge is 0.138 e. The van der Waals surface area contributed by atoms with Crippen molar-refractivity contribution in [2.24, 2.45) is 0 Å². The quantitative estimate of drug-likeness (QED) is 0.801. The van der Waals surface area contributed by atoms with Crippen LogP contribution in [0.4, 0.5) is 0 Å². The van der Waals surface area contributed by atoms with Gasteiger partial charge in [0.1, 0.15) is 11.9 Å². The molecule has 0 bridgehead atoms. The number of aryl methyl sites for hydroxylation is 1. The molecule has 15 heavy (non-hydrogen) atoms. The Morgan fingerprint density at radius 2 is 2.47 bits per heavy atom. The van der Waals surface area contributed by atoms with E-state index in [0.717, 1.165) is 36.5 Å². The van der Waals surface area contributed by atoms with Gasteiger partial charge in [-0.05, 0) is 24.3 Å². The topological polar surface area (TPSA) is 38.0 Å². The lowest BCUT2D eigenvalue weighted by molar-refractivity contribution is 0.134. The van der Waals surface area contributed by atoms with E-state index in [1.54, 1.807) is 11.3 Å². The van der Waals surface area contributed by atoms with Crippen molar-refractivity contribution < 1.29 is 5.11 Å². The maximum absolute atomic E-state index is 9.79. The minimum atomic E-state index is -0.383. The Hall–Kier alpha value is -1.13. The molecule has 3 nitrogen and oxygen atoms in total. The van der Waals surface area contributed by atoms with Gasteiger partial charge in [0, 0.05) is 23.7 Å². The molecule has 0 spiro atoms. The molecular weight excluding hydrogens is 208 g/mol. The predicted octanol–water partition coefficient (Wildman–Crippen LogP) is 2.44. The van der Waals surface area contributed by atoms with Gasteiger partial charge in [0.25, 0.3) is 0 Å². The van der Waals surface area contributed by atoms with Crippen molar-refractivity contribution in [2.45, 2.75) is 25.5 Å². The van der Waals surface area contributed by atoms with Gasteiger partial charge in [-0.25, -0.2) is 4.98 Å². The molecule has 1 N–H and O–H groups in total. The summed E-state index contributed by atoms with van der Waals surface area (Å²) < 4.78 is 2.07. The fourth-order valence-corrected chi connectivity index (χ4v) is 2.66. The summed E-state index contributed by atoms with van der Waals surface area (Å²) in [6.45, 7) is 0.976. The first-order valence-electron chi connectivity index (χ1n) is 5.12. The summed E-state index contributed by atoms with van der Waals surface area (Å²) in [5.41, 5.74) is 2.13. The molecule has 78 valence electrons. The normalized spacial score (nSPS) is 20.2. The van der Waals surface area contributed by atoms with Crippen LogP contribution in [0.15, 0.2) is 23.0 Å². The Morgan fingerprint density at radius 3 is 3.20 bits per heavy atom. The van der Waals surface area contributed by atoms with Gasteiger partial charge in [-0.1, -0.05) is 0 Å². The molecule has 0 amide bonds. The minimum absolute atomic E-state index is 0.383. The number of thiophene rings is 1. The SMILES string of the molecule is O[C@@H]1CCCn2cc(-c3ccsc3)nc21. The fraction of sp³-hybridized carbons (Fsp3) is 0.364. The lowest BCUT2D eigenvalue weighted by Gasteiger charge is -2.18. The van der Waals surface area contributed by atoms with Crippen LogP contribution in [-0.2, 0) is 6.54 Å². The van der Waals surface area contributed by atoms with Crippen LogP contribution < -0.4 is 0 Å². The van der Waals surface area contributed by atoms with E-state index in [9.17, 15) is 5.11 Å². The second-order valence-corrected chi connectivity index (χ2v) is 4.63. The van der Waals surface area contributed by atoms with Gasteiger partial charge in [-0.2, -0.15) is 11.3 Å². The predicted molar refractivity (Wildman–Crippen MR) is 59.7 cm³/mol. The molecule has 0 fully saturated rings. The highest BCUT2D eigenvalue weighted by Crippen LogP contribution is 2.28. The van der Waals surface area contributed by atoms with E-state index in [1.165, 1.54) is 0 Å². The van der Waals surface area contributed by atoms with E-state index >= 15 is 0 Å². The fourth-order valence-electron chi connectivity index (χ4n) is 2.01. The summed E-state index contributed by atoms with van der Waals surface area (Å²) in [5.74, 6) is 0.822. The zero-order valence-corrected chi connectivity index (χ0v) is 9.07. The highest BCUT2D eigenvalue weighted by atomic mass is 32.1. The zero-order valence-electron chi connectivity index (χ0n) is 8.26. The van der Waals surface area contributed by atoms with Crippen LogP contribution in [0, 0.1) is 0 Å². The van der Waals surface area contributed by atoms with Crippen LogP contribution in [0.3, 0.4) is 0 Å². The van der Waals surface area contributed by atoms with Crippen molar-refractivity contribution in [1.82, 2.24) is 9.55 Å². The number of rotatable bonds is 1. The van der Waals surface area contributed by atoms with Crippen LogP contribution in [0.2, 0.25) is 0 Å². The molecule has 0 aliphatic carbocycles. The Labute approximate surface area is 92.0 Å². The van der Waals surface area contributed by atoms with E-state index in [-0.39, 0.29) is 6.10 Å². The summed E-state index contributed by atoms with van der Waals surface area (Å²) in [6.07, 6.45) is 3.53. The Morgan fingerprint density at radius 1 is 1.53 bits per heavy atom. The number of nitrogens with zero attached hydrogens (tertiary/aromatic N) is 2. The molecule has 0 aromatic carbocycles. The highest BCUT2D eigenvalue weighted by Gasteiger charge is 2.20. The molecule has 3 heterocycles. The highest BCUT2D eigenvalue weighted by molar-refractivity contribution is 7.08. The Bertz CT molecular complexity index is 461. The van der Waals surface area contributed by atoms with Crippen LogP contribution >= 0.6 is 11.3 Å². The summed E-state index contributed by atoms with van der Waals surface area (Å²) >= 11 is 1.67. The monoisotopic (exact) mass is 220 g/mol. The van der Waals surface area contributed by atoms with E-state index in [2.05, 4.69) is 21.0 Å². The third-order valence-corrected chi connectivity index (χ3v) is 3.48. The molecular formula is C11H12N2OS. The van der Waals surface area contributed by atoms with Crippen LogP contribution in [-0.4, -0.2) is 14.7 Å². The number of imidazole rings is 1. The lowest BCUT2D eigenvalue weighted by Crippen LogP contribution is -2.14. The first kappa shape index (κ1) is 9.12. The summed E-state index contributed by atoms with van der Waals surface area (Å²) in [6, 6.07) is 2.06. The molecule has 0 radical (unpaired) electrons. The van der Waals surface area contributed by atoms with Crippen molar-refractivity contribution in [2.75, 3.05) is 0 Å². The number of fused-ring (bicyclic) bond motifs is 1. The standard InChI is InChI=1S/C11H12N2OS/c14-10-2-1-4-13-6-9(12-11(10)13)8-3-5-15-7-8/h3,5-7,10,14H,1-2,4H2/t10-/m1/s1. The minimum Gasteiger partial charge on any atom is -0.385 e. The Kier molecular flexibility index (Phi) is 2.11. The first-order valence-corrected chi connectivity index (χ1v) is 6.06. The van der Waals surface area contributed by atoms with Crippen molar-refractivity contribution in [3.05, 3.63) is 28.8 Å². The molecule has 4 heteroatoms. The molecule has 1 aliphatic heterocycles. The van der Waals surface area contributed by atoms with Gasteiger partial charge in [0.2, 0.25) is 0 Å². The maximum Gasteiger partial charge on any atom is 0.138 e. The lowest BCUT2D eigenvalue weighted by atomic mass is 10.1. The molecule has 0 saturated heterocycles. The van der Waals surface area contributed by atoms with Crippen LogP contribution in [0.1, 0.15) is 24.8 Å². The maximum atomic E-state index is 9.79. The van der Waals surface area contributed by atoms with E-state index in [4.69, 9.17) is 0 Å². The summed E-state index contributed by atoms with van der Waals surface area (Å²) in [5, 5.41) is 13.9. The number of aromatic nitrogens is 2. The zero-order chi connectivity index (χ0) is 10.3. The second kappa shape index (κ2) is 3.47. The largest absolute Gasteiger partial charge is 0.385 e. The molecule has 2 aromatic rings. The third kappa shape index (κ3) is 1.50. The van der Waals surface area contributed by atoms with Gasteiger partial charge in [-0.3, -0.25) is 0 Å². The van der Waals surface area contributed by atoms with Crippen molar-refractivity contribution in [3.63, 3.8) is 0 Å². The van der Waals surface area contributed by atoms with Crippen molar-refractivity contribution in [1.29, 1.82) is 0 Å². The van der Waals surface area contributed by atoms with Gasteiger partial charge in [-0.15, -0.1) is 0 Å². The van der Waals surface area contributed by atoms with Crippen LogP contribution in [0.5, 0.6) is 0 Å². The Balaban J connectivity index is 2.06. The molecule has 2 aromatic heterocycles. The number of aliphatic hydroxyl groups is 1. The first-order chi connectivity index (χ1) is 7.34. The van der Waals surface area contributed by atoms with Gasteiger partial charge in [0.15, 0.2) is 0 Å². The average molecular weight is 220 g/mol. The second-order valence-electron chi connectivity index (χ2n) is 3.85. The van der Waals surface area contributed by atoms with E-state index in [1.807, 2.05) is 11.6 Å². The van der Waals surface area contributed by atoms with Crippen LogP contribution in [0.25, 0.3) is 11.3 Å². The van der Waals surface area contributed by atoms with E-state index in [0.29, 0.717) is 0 Å². The van der Waals surface area contributed by atoms with Crippen molar-refractivity contribution in [3.8, 4) is 11.3 Å². The molecule has 3 rings (SSSR count).